The molecule has 0 spiro atoms. The Morgan fingerprint density at radius 1 is 1.40 bits per heavy atom. The van der Waals surface area contributed by atoms with Gasteiger partial charge in [-0.2, -0.15) is 13.2 Å². The first kappa shape index (κ1) is 20.3. The zero-order chi connectivity index (χ0) is 12.0. The molecule has 0 fully saturated rings. The zero-order valence-electron chi connectivity index (χ0n) is 7.16. The van der Waals surface area contributed by atoms with Gasteiger partial charge in [-0.05, 0) is 6.92 Å². The standard InChI is InChI=1S/C2HF3O2.C2H7O4P.Cu/c3-2(4,5)1(6)7;1-2-6-7(3,4)5;/h(H,6,7);2H2,1H3,(H2,3,4,5);. The van der Waals surface area contributed by atoms with Crippen molar-refractivity contribution in [2.24, 2.45) is 0 Å². The number of halogens is 3. The molecule has 6 nitrogen and oxygen atoms in total. The summed E-state index contributed by atoms with van der Waals surface area (Å²) in [6.07, 6.45) is -5.08. The van der Waals surface area contributed by atoms with Crippen LogP contribution in [0.2, 0.25) is 0 Å². The van der Waals surface area contributed by atoms with Crippen LogP contribution in [0.5, 0.6) is 0 Å². The third-order valence-electron chi connectivity index (χ3n) is 0.540. The molecule has 0 aromatic carbocycles. The van der Waals surface area contributed by atoms with Crippen LogP contribution < -0.4 is 0 Å². The summed E-state index contributed by atoms with van der Waals surface area (Å²) in [4.78, 5) is 24.7. The fraction of sp³-hybridized carbons (Fsp3) is 0.750. The number of carboxylic acids is 1. The minimum absolute atomic E-state index is 0. The van der Waals surface area contributed by atoms with E-state index < -0.39 is 20.0 Å². The summed E-state index contributed by atoms with van der Waals surface area (Å²) in [5.41, 5.74) is 0. The third kappa shape index (κ3) is 20.1. The third-order valence-corrected chi connectivity index (χ3v) is 1.13. The molecule has 0 saturated carbocycles. The van der Waals surface area contributed by atoms with Crippen LogP contribution >= 0.6 is 7.82 Å². The fourth-order valence-electron chi connectivity index (χ4n) is 0.168. The number of carbonyl (C=O) groups is 1. The second-order valence-electron chi connectivity index (χ2n) is 1.71. The number of hydrogen-bond donors (Lipinski definition) is 3. The molecule has 0 aromatic heterocycles. The van der Waals surface area contributed by atoms with Crippen LogP contribution in [0.3, 0.4) is 0 Å². The van der Waals surface area contributed by atoms with Crippen LogP contribution in [0.25, 0.3) is 0 Å². The van der Waals surface area contributed by atoms with Gasteiger partial charge < -0.3 is 14.9 Å². The summed E-state index contributed by atoms with van der Waals surface area (Å²) in [7, 11) is -4.17. The molecule has 1 radical (unpaired) electrons. The molecule has 0 aromatic rings. The second kappa shape index (κ2) is 8.09. The quantitative estimate of drug-likeness (QED) is 0.513. The zero-order valence-corrected chi connectivity index (χ0v) is 8.99. The van der Waals surface area contributed by atoms with E-state index in [0.717, 1.165) is 0 Å². The van der Waals surface area contributed by atoms with Gasteiger partial charge in [0.05, 0.1) is 6.61 Å². The number of carboxylic acid groups (broad SMARTS) is 1. The molecule has 0 unspecified atom stereocenters. The van der Waals surface area contributed by atoms with Gasteiger partial charge in [-0.25, -0.2) is 9.36 Å². The fourth-order valence-corrected chi connectivity index (χ4v) is 0.505. The average molecular weight is 304 g/mol. The van der Waals surface area contributed by atoms with E-state index in [0.29, 0.717) is 0 Å². The number of rotatable bonds is 2. The Hall–Kier alpha value is -0.111. The van der Waals surface area contributed by atoms with Crippen LogP contribution in [-0.4, -0.2) is 33.6 Å². The first-order chi connectivity index (χ1) is 6.00. The van der Waals surface area contributed by atoms with Crippen LogP contribution in [-0.2, 0) is 31.0 Å². The largest absolute Gasteiger partial charge is 0.490 e. The summed E-state index contributed by atoms with van der Waals surface area (Å²) in [6.45, 7) is 1.56. The Kier molecular flexibility index (Phi) is 11.0. The molecule has 0 rings (SSSR count). The van der Waals surface area contributed by atoms with Crippen molar-refractivity contribution in [3.8, 4) is 0 Å². The van der Waals surface area contributed by atoms with Crippen LogP contribution in [0, 0.1) is 0 Å². The Morgan fingerprint density at radius 2 is 1.67 bits per heavy atom. The summed E-state index contributed by atoms with van der Waals surface area (Å²) < 4.78 is 45.3. The van der Waals surface area contributed by atoms with Crippen molar-refractivity contribution < 1.29 is 59.0 Å². The Labute approximate surface area is 93.1 Å². The number of phosphoric ester groups is 1. The van der Waals surface area contributed by atoms with Gasteiger partial charge in [-0.3, -0.25) is 4.52 Å². The monoisotopic (exact) mass is 303 g/mol. The summed E-state index contributed by atoms with van der Waals surface area (Å²) in [6, 6.07) is 0. The van der Waals surface area contributed by atoms with Gasteiger partial charge in [0.15, 0.2) is 0 Å². The van der Waals surface area contributed by atoms with E-state index >= 15 is 0 Å². The molecule has 0 bridgehead atoms. The van der Waals surface area contributed by atoms with E-state index in [1.165, 1.54) is 6.92 Å². The van der Waals surface area contributed by atoms with E-state index in [9.17, 15) is 17.7 Å². The predicted molar refractivity (Wildman–Crippen MR) is 37.4 cm³/mol. The molecule has 97 valence electrons. The van der Waals surface area contributed by atoms with Gasteiger partial charge in [0.1, 0.15) is 0 Å². The molecule has 3 N–H and O–H groups in total. The molecule has 0 aliphatic heterocycles. The minimum Gasteiger partial charge on any atom is -0.475 e. The van der Waals surface area contributed by atoms with Gasteiger partial charge in [-0.15, -0.1) is 0 Å². The molecule has 11 heteroatoms. The summed E-state index contributed by atoms with van der Waals surface area (Å²) in [5.74, 6) is -2.76. The van der Waals surface area contributed by atoms with Crippen LogP contribution in [0.1, 0.15) is 6.92 Å². The molecule has 0 heterocycles. The topological polar surface area (TPSA) is 104 Å². The van der Waals surface area contributed by atoms with Gasteiger partial charge in [-0.1, -0.05) is 0 Å². The maximum Gasteiger partial charge on any atom is 0.490 e. The molecule has 0 saturated heterocycles. The molecule has 0 aliphatic carbocycles. The second-order valence-corrected chi connectivity index (χ2v) is 2.95. The maximum absolute atomic E-state index is 10.6. The van der Waals surface area contributed by atoms with Crippen molar-refractivity contribution in [2.75, 3.05) is 6.61 Å². The van der Waals surface area contributed by atoms with Gasteiger partial charge in [0.2, 0.25) is 0 Å². The Bertz CT molecular complexity index is 225. The van der Waals surface area contributed by atoms with Gasteiger partial charge in [0.25, 0.3) is 0 Å². The van der Waals surface area contributed by atoms with E-state index in [2.05, 4.69) is 4.52 Å². The SMILES string of the molecule is CCOP(=O)(O)O.O=C(O)C(F)(F)F.[Cu]. The molecular formula is C4H8CuF3O6P. The summed E-state index contributed by atoms with van der Waals surface area (Å²) in [5, 5.41) is 7.12. The van der Waals surface area contributed by atoms with Crippen molar-refractivity contribution in [1.82, 2.24) is 0 Å². The number of phosphoric acid groups is 1. The van der Waals surface area contributed by atoms with E-state index in [1.54, 1.807) is 0 Å². The van der Waals surface area contributed by atoms with Crippen molar-refractivity contribution >= 4 is 13.8 Å². The van der Waals surface area contributed by atoms with Crippen LogP contribution in [0.15, 0.2) is 0 Å². The Morgan fingerprint density at radius 3 is 1.67 bits per heavy atom. The minimum atomic E-state index is -5.08. The predicted octanol–water partition coefficient (Wildman–Crippen LogP) is 0.746. The number of aliphatic carboxylic acids is 1. The first-order valence-electron chi connectivity index (χ1n) is 3.01. The van der Waals surface area contributed by atoms with E-state index in [-0.39, 0.29) is 23.7 Å². The van der Waals surface area contributed by atoms with Crippen molar-refractivity contribution in [2.45, 2.75) is 13.1 Å². The molecular weight excluding hydrogens is 296 g/mol. The van der Waals surface area contributed by atoms with Gasteiger partial charge in [0, 0.05) is 17.1 Å². The van der Waals surface area contributed by atoms with Crippen molar-refractivity contribution in [3.05, 3.63) is 0 Å². The normalized spacial score (nSPS) is 10.8. The molecule has 0 atom stereocenters. The van der Waals surface area contributed by atoms with E-state index in [1.807, 2.05) is 0 Å². The molecule has 0 aliphatic rings. The Balaban J connectivity index is -0.000000180. The average Bonchev–Trinajstić information content (AvgIpc) is 1.82. The van der Waals surface area contributed by atoms with E-state index in [4.69, 9.17) is 19.7 Å². The summed E-state index contributed by atoms with van der Waals surface area (Å²) >= 11 is 0. The molecule has 0 amide bonds. The molecule has 15 heavy (non-hydrogen) atoms. The van der Waals surface area contributed by atoms with Crippen LogP contribution in [0.4, 0.5) is 13.2 Å². The van der Waals surface area contributed by atoms with Crippen molar-refractivity contribution in [3.63, 3.8) is 0 Å². The first-order valence-corrected chi connectivity index (χ1v) is 4.54. The number of hydrogen-bond acceptors (Lipinski definition) is 3. The van der Waals surface area contributed by atoms with Gasteiger partial charge >= 0.3 is 20.0 Å². The maximum atomic E-state index is 10.6. The van der Waals surface area contributed by atoms with Crippen molar-refractivity contribution in [1.29, 1.82) is 0 Å². The number of alkyl halides is 3. The smallest absolute Gasteiger partial charge is 0.475 e.